The van der Waals surface area contributed by atoms with Crippen molar-refractivity contribution in [3.8, 4) is 0 Å². The molecule has 0 saturated heterocycles. The minimum Gasteiger partial charge on any atom is -0.480 e. The lowest BCUT2D eigenvalue weighted by Gasteiger charge is -2.23. The first-order valence-electron chi connectivity index (χ1n) is 7.37. The van der Waals surface area contributed by atoms with E-state index in [4.69, 9.17) is 5.11 Å². The summed E-state index contributed by atoms with van der Waals surface area (Å²) in [5, 5.41) is 10.7. The molecule has 0 fully saturated rings. The molecule has 3 rings (SSSR count). The Morgan fingerprint density at radius 1 is 0.960 bits per heavy atom. The number of halogens is 1. The van der Waals surface area contributed by atoms with E-state index in [2.05, 4.69) is 0 Å². The summed E-state index contributed by atoms with van der Waals surface area (Å²) in [6, 6.07) is 16.5. The highest BCUT2D eigenvalue weighted by atomic mass is 32.2. The van der Waals surface area contributed by atoms with Gasteiger partial charge in [-0.3, -0.25) is 9.10 Å². The van der Waals surface area contributed by atoms with Crippen molar-refractivity contribution in [3.05, 3.63) is 72.5 Å². The number of nitrogens with zero attached hydrogens (tertiary/aromatic N) is 1. The van der Waals surface area contributed by atoms with Gasteiger partial charge in [0.05, 0.1) is 10.6 Å². The third kappa shape index (κ3) is 3.46. The lowest BCUT2D eigenvalue weighted by molar-refractivity contribution is -0.135. The third-order valence-corrected chi connectivity index (χ3v) is 5.47. The van der Waals surface area contributed by atoms with Gasteiger partial charge >= 0.3 is 5.97 Å². The van der Waals surface area contributed by atoms with Crippen LogP contribution >= 0.6 is 0 Å². The lowest BCUT2D eigenvalue weighted by Crippen LogP contribution is -2.35. The number of carbonyl (C=O) groups is 1. The Labute approximate surface area is 144 Å². The molecule has 0 aliphatic heterocycles. The van der Waals surface area contributed by atoms with Crippen molar-refractivity contribution in [2.75, 3.05) is 10.8 Å². The minimum absolute atomic E-state index is 0.0308. The zero-order valence-corrected chi connectivity index (χ0v) is 13.8. The number of fused-ring (bicyclic) bond motifs is 1. The van der Waals surface area contributed by atoms with E-state index in [0.29, 0.717) is 0 Å². The van der Waals surface area contributed by atoms with Crippen LogP contribution in [-0.2, 0) is 14.8 Å². The molecule has 7 heteroatoms. The number of sulfonamides is 1. The number of anilines is 1. The monoisotopic (exact) mass is 359 g/mol. The molecule has 0 heterocycles. The summed E-state index contributed by atoms with van der Waals surface area (Å²) in [4.78, 5) is 11.1. The molecular weight excluding hydrogens is 345 g/mol. The van der Waals surface area contributed by atoms with Crippen LogP contribution in [0.2, 0.25) is 0 Å². The summed E-state index contributed by atoms with van der Waals surface area (Å²) in [5.74, 6) is -1.85. The predicted molar refractivity (Wildman–Crippen MR) is 92.5 cm³/mol. The molecule has 0 aromatic heterocycles. The number of carboxylic acid groups (broad SMARTS) is 1. The maximum absolute atomic E-state index is 13.1. The molecule has 3 aromatic carbocycles. The molecule has 0 bridgehead atoms. The molecule has 0 aliphatic rings. The summed E-state index contributed by atoms with van der Waals surface area (Å²) >= 11 is 0. The Morgan fingerprint density at radius 2 is 1.60 bits per heavy atom. The molecule has 0 saturated carbocycles. The first-order chi connectivity index (χ1) is 11.9. The maximum Gasteiger partial charge on any atom is 0.324 e. The number of hydrogen-bond donors (Lipinski definition) is 1. The van der Waals surface area contributed by atoms with Gasteiger partial charge in [0.2, 0.25) is 0 Å². The van der Waals surface area contributed by atoms with Crippen molar-refractivity contribution in [3.63, 3.8) is 0 Å². The lowest BCUT2D eigenvalue weighted by atomic mass is 10.1. The van der Waals surface area contributed by atoms with Crippen LogP contribution in [0.3, 0.4) is 0 Å². The van der Waals surface area contributed by atoms with Gasteiger partial charge in [0.25, 0.3) is 10.0 Å². The topological polar surface area (TPSA) is 74.7 Å². The molecule has 3 aromatic rings. The fraction of sp³-hybridized carbons (Fsp3) is 0.0556. The average Bonchev–Trinajstić information content (AvgIpc) is 2.60. The molecule has 25 heavy (non-hydrogen) atoms. The number of carboxylic acids is 1. The number of rotatable bonds is 5. The van der Waals surface area contributed by atoms with Gasteiger partial charge in [-0.15, -0.1) is 0 Å². The van der Waals surface area contributed by atoms with E-state index in [-0.39, 0.29) is 10.6 Å². The highest BCUT2D eigenvalue weighted by Crippen LogP contribution is 2.26. The zero-order chi connectivity index (χ0) is 18.0. The molecule has 0 radical (unpaired) electrons. The molecule has 0 atom stereocenters. The minimum atomic E-state index is -4.12. The van der Waals surface area contributed by atoms with Gasteiger partial charge in [-0.1, -0.05) is 30.3 Å². The summed E-state index contributed by atoms with van der Waals surface area (Å²) < 4.78 is 39.8. The summed E-state index contributed by atoms with van der Waals surface area (Å²) in [7, 11) is -4.12. The van der Waals surface area contributed by atoms with E-state index in [1.165, 1.54) is 24.3 Å². The van der Waals surface area contributed by atoms with Crippen molar-refractivity contribution in [2.45, 2.75) is 4.90 Å². The Morgan fingerprint density at radius 3 is 2.24 bits per heavy atom. The standard InChI is InChI=1S/C18H14FNO4S/c19-15-6-8-16(9-7-15)20(12-18(21)22)25(23,24)17-10-5-13-3-1-2-4-14(13)11-17/h1-11H,12H2,(H,21,22). The van der Waals surface area contributed by atoms with E-state index in [9.17, 15) is 17.6 Å². The number of aliphatic carboxylic acids is 1. The Kier molecular flexibility index (Phi) is 4.41. The van der Waals surface area contributed by atoms with Crippen LogP contribution in [0.4, 0.5) is 10.1 Å². The molecule has 0 spiro atoms. The van der Waals surface area contributed by atoms with Crippen LogP contribution in [0, 0.1) is 5.82 Å². The molecule has 5 nitrogen and oxygen atoms in total. The summed E-state index contributed by atoms with van der Waals surface area (Å²) in [6.07, 6.45) is 0. The van der Waals surface area contributed by atoms with Gasteiger partial charge in [0, 0.05) is 0 Å². The predicted octanol–water partition coefficient (Wildman–Crippen LogP) is 3.26. The smallest absolute Gasteiger partial charge is 0.324 e. The molecule has 0 aliphatic carbocycles. The van der Waals surface area contributed by atoms with Gasteiger partial charge in [-0.05, 0) is 47.2 Å². The highest BCUT2D eigenvalue weighted by Gasteiger charge is 2.27. The largest absolute Gasteiger partial charge is 0.480 e. The van der Waals surface area contributed by atoms with E-state index < -0.39 is 28.4 Å². The SMILES string of the molecule is O=C(O)CN(c1ccc(F)cc1)S(=O)(=O)c1ccc2ccccc2c1. The van der Waals surface area contributed by atoms with E-state index in [0.717, 1.165) is 27.2 Å². The molecular formula is C18H14FNO4S. The quantitative estimate of drug-likeness (QED) is 0.759. The van der Waals surface area contributed by atoms with E-state index in [1.54, 1.807) is 18.2 Å². The Balaban J connectivity index is 2.11. The average molecular weight is 359 g/mol. The number of benzene rings is 3. The van der Waals surface area contributed by atoms with Crippen LogP contribution in [0.5, 0.6) is 0 Å². The van der Waals surface area contributed by atoms with Gasteiger partial charge < -0.3 is 5.11 Å². The van der Waals surface area contributed by atoms with Crippen molar-refractivity contribution in [1.82, 2.24) is 0 Å². The van der Waals surface area contributed by atoms with E-state index >= 15 is 0 Å². The van der Waals surface area contributed by atoms with Gasteiger partial charge in [0.15, 0.2) is 0 Å². The fourth-order valence-electron chi connectivity index (χ4n) is 2.50. The van der Waals surface area contributed by atoms with Crippen LogP contribution < -0.4 is 4.31 Å². The van der Waals surface area contributed by atoms with Crippen molar-refractivity contribution >= 4 is 32.5 Å². The summed E-state index contributed by atoms with van der Waals surface area (Å²) in [6.45, 7) is -0.763. The zero-order valence-electron chi connectivity index (χ0n) is 13.0. The van der Waals surface area contributed by atoms with Gasteiger partial charge in [0.1, 0.15) is 12.4 Å². The van der Waals surface area contributed by atoms with Crippen LogP contribution in [0.15, 0.2) is 71.6 Å². The highest BCUT2D eigenvalue weighted by molar-refractivity contribution is 7.92. The number of hydrogen-bond acceptors (Lipinski definition) is 3. The van der Waals surface area contributed by atoms with Crippen molar-refractivity contribution in [1.29, 1.82) is 0 Å². The second kappa shape index (κ2) is 6.52. The first-order valence-corrected chi connectivity index (χ1v) is 8.81. The Hall–Kier alpha value is -2.93. The van der Waals surface area contributed by atoms with Crippen LogP contribution in [-0.4, -0.2) is 26.0 Å². The van der Waals surface area contributed by atoms with Crippen LogP contribution in [0.25, 0.3) is 10.8 Å². The van der Waals surface area contributed by atoms with Crippen molar-refractivity contribution in [2.24, 2.45) is 0 Å². The Bertz CT molecular complexity index is 1030. The second-order valence-electron chi connectivity index (χ2n) is 5.39. The molecule has 128 valence electrons. The fourth-order valence-corrected chi connectivity index (χ4v) is 3.95. The van der Waals surface area contributed by atoms with Gasteiger partial charge in [-0.2, -0.15) is 0 Å². The third-order valence-electron chi connectivity index (χ3n) is 3.70. The normalized spacial score (nSPS) is 11.4. The second-order valence-corrected chi connectivity index (χ2v) is 7.25. The van der Waals surface area contributed by atoms with Gasteiger partial charge in [-0.25, -0.2) is 12.8 Å². The molecule has 1 N–H and O–H groups in total. The molecule has 0 amide bonds. The van der Waals surface area contributed by atoms with Crippen molar-refractivity contribution < 1.29 is 22.7 Å². The van der Waals surface area contributed by atoms with E-state index in [1.807, 2.05) is 12.1 Å². The van der Waals surface area contributed by atoms with Crippen LogP contribution in [0.1, 0.15) is 0 Å². The molecule has 0 unspecified atom stereocenters. The maximum atomic E-state index is 13.1. The summed E-state index contributed by atoms with van der Waals surface area (Å²) in [5.41, 5.74) is 0.0805. The first kappa shape index (κ1) is 16.9.